The van der Waals surface area contributed by atoms with Crippen LogP contribution in [0.1, 0.15) is 45.1 Å². The highest BCUT2D eigenvalue weighted by molar-refractivity contribution is 7.99. The summed E-state index contributed by atoms with van der Waals surface area (Å²) in [6.07, 6.45) is 1.22. The molecule has 2 atom stereocenters. The molecule has 1 saturated heterocycles. The molecule has 5 heteroatoms. The van der Waals surface area contributed by atoms with Crippen LogP contribution in [0.3, 0.4) is 0 Å². The van der Waals surface area contributed by atoms with E-state index >= 15 is 0 Å². The van der Waals surface area contributed by atoms with Gasteiger partial charge in [-0.3, -0.25) is 4.79 Å². The monoisotopic (exact) mass is 336 g/mol. The molecular weight excluding hydrogens is 308 g/mol. The van der Waals surface area contributed by atoms with E-state index in [1.54, 1.807) is 11.8 Å². The van der Waals surface area contributed by atoms with E-state index in [2.05, 4.69) is 30.5 Å². The SMILES string of the molecule is CC(CC(=O)Nc1ccccc1C(C)C)NCC1(O)CCSC1. The van der Waals surface area contributed by atoms with Gasteiger partial charge in [-0.05, 0) is 36.6 Å². The van der Waals surface area contributed by atoms with Crippen LogP contribution in [0.15, 0.2) is 24.3 Å². The van der Waals surface area contributed by atoms with Gasteiger partial charge >= 0.3 is 0 Å². The van der Waals surface area contributed by atoms with E-state index in [4.69, 9.17) is 0 Å². The molecule has 1 heterocycles. The quantitative estimate of drug-likeness (QED) is 0.716. The summed E-state index contributed by atoms with van der Waals surface area (Å²) in [6, 6.07) is 7.97. The Morgan fingerprint density at radius 1 is 1.35 bits per heavy atom. The molecule has 1 aromatic carbocycles. The number of anilines is 1. The Morgan fingerprint density at radius 2 is 2.09 bits per heavy atom. The summed E-state index contributed by atoms with van der Waals surface area (Å²) in [4.78, 5) is 12.3. The minimum atomic E-state index is -0.611. The van der Waals surface area contributed by atoms with Crippen LogP contribution in [0.5, 0.6) is 0 Å². The molecule has 2 unspecified atom stereocenters. The van der Waals surface area contributed by atoms with Gasteiger partial charge in [-0.15, -0.1) is 0 Å². The summed E-state index contributed by atoms with van der Waals surface area (Å²) in [5, 5.41) is 16.6. The first-order valence-corrected chi connectivity index (χ1v) is 9.47. The number of nitrogens with one attached hydrogen (secondary N) is 2. The van der Waals surface area contributed by atoms with Crippen LogP contribution in [0, 0.1) is 0 Å². The Kier molecular flexibility index (Phi) is 6.50. The second-order valence-corrected chi connectivity index (χ2v) is 7.91. The number of amides is 1. The number of carbonyl (C=O) groups excluding carboxylic acids is 1. The van der Waals surface area contributed by atoms with Crippen LogP contribution in [-0.4, -0.2) is 40.7 Å². The predicted octanol–water partition coefficient (Wildman–Crippen LogP) is 2.98. The summed E-state index contributed by atoms with van der Waals surface area (Å²) in [7, 11) is 0. The van der Waals surface area contributed by atoms with E-state index in [0.717, 1.165) is 29.2 Å². The molecule has 0 spiro atoms. The highest BCUT2D eigenvalue weighted by Crippen LogP contribution is 2.27. The van der Waals surface area contributed by atoms with Crippen molar-refractivity contribution in [3.8, 4) is 0 Å². The average molecular weight is 337 g/mol. The maximum Gasteiger partial charge on any atom is 0.225 e. The minimum Gasteiger partial charge on any atom is -0.388 e. The summed E-state index contributed by atoms with van der Waals surface area (Å²) < 4.78 is 0. The van der Waals surface area contributed by atoms with Gasteiger partial charge in [0, 0.05) is 30.4 Å². The van der Waals surface area contributed by atoms with Gasteiger partial charge in [0.15, 0.2) is 0 Å². The molecule has 23 heavy (non-hydrogen) atoms. The van der Waals surface area contributed by atoms with E-state index in [-0.39, 0.29) is 11.9 Å². The molecule has 3 N–H and O–H groups in total. The lowest BCUT2D eigenvalue weighted by atomic mass is 10.0. The molecule has 1 amide bonds. The number of aliphatic hydroxyl groups is 1. The first-order valence-electron chi connectivity index (χ1n) is 8.32. The number of hydrogen-bond acceptors (Lipinski definition) is 4. The third kappa shape index (κ3) is 5.52. The largest absolute Gasteiger partial charge is 0.388 e. The third-order valence-corrected chi connectivity index (χ3v) is 5.44. The van der Waals surface area contributed by atoms with Crippen LogP contribution < -0.4 is 10.6 Å². The topological polar surface area (TPSA) is 61.4 Å². The molecule has 0 radical (unpaired) electrons. The summed E-state index contributed by atoms with van der Waals surface area (Å²) in [5.41, 5.74) is 1.43. The molecular formula is C18H28N2O2S. The molecule has 2 rings (SSSR count). The number of benzene rings is 1. The van der Waals surface area contributed by atoms with Crippen molar-refractivity contribution >= 4 is 23.4 Å². The zero-order valence-electron chi connectivity index (χ0n) is 14.3. The summed E-state index contributed by atoms with van der Waals surface area (Å²) in [6.45, 7) is 6.78. The highest BCUT2D eigenvalue weighted by Gasteiger charge is 2.31. The fraction of sp³-hybridized carbons (Fsp3) is 0.611. The number of para-hydroxylation sites is 1. The van der Waals surface area contributed by atoms with Gasteiger partial charge in [0.1, 0.15) is 0 Å². The van der Waals surface area contributed by atoms with E-state index in [9.17, 15) is 9.90 Å². The second-order valence-electron chi connectivity index (χ2n) is 6.80. The smallest absolute Gasteiger partial charge is 0.225 e. The highest BCUT2D eigenvalue weighted by atomic mass is 32.2. The van der Waals surface area contributed by atoms with E-state index < -0.39 is 5.60 Å². The molecule has 4 nitrogen and oxygen atoms in total. The van der Waals surface area contributed by atoms with Gasteiger partial charge in [0.05, 0.1) is 5.60 Å². The number of carbonyl (C=O) groups is 1. The van der Waals surface area contributed by atoms with Gasteiger partial charge in [-0.1, -0.05) is 32.0 Å². The predicted molar refractivity (Wildman–Crippen MR) is 98.1 cm³/mol. The van der Waals surface area contributed by atoms with Crippen molar-refractivity contribution in [2.24, 2.45) is 0 Å². The fourth-order valence-electron chi connectivity index (χ4n) is 2.77. The van der Waals surface area contributed by atoms with Gasteiger partial charge in [-0.25, -0.2) is 0 Å². The number of hydrogen-bond donors (Lipinski definition) is 3. The molecule has 1 fully saturated rings. The zero-order valence-corrected chi connectivity index (χ0v) is 15.1. The van der Waals surface area contributed by atoms with Crippen molar-refractivity contribution in [1.29, 1.82) is 0 Å². The maximum atomic E-state index is 12.3. The lowest BCUT2D eigenvalue weighted by molar-refractivity contribution is -0.116. The minimum absolute atomic E-state index is 0.00545. The van der Waals surface area contributed by atoms with Gasteiger partial charge in [-0.2, -0.15) is 11.8 Å². The van der Waals surface area contributed by atoms with Crippen LogP contribution in [0.25, 0.3) is 0 Å². The summed E-state index contributed by atoms with van der Waals surface area (Å²) in [5.74, 6) is 2.17. The molecule has 128 valence electrons. The van der Waals surface area contributed by atoms with E-state index in [1.165, 1.54) is 0 Å². The van der Waals surface area contributed by atoms with E-state index in [1.807, 2.05) is 25.1 Å². The number of rotatable bonds is 7. The zero-order chi connectivity index (χ0) is 16.9. The van der Waals surface area contributed by atoms with Crippen molar-refractivity contribution < 1.29 is 9.90 Å². The maximum absolute atomic E-state index is 12.3. The third-order valence-electron chi connectivity index (χ3n) is 4.21. The molecule has 1 aliphatic rings. The summed E-state index contributed by atoms with van der Waals surface area (Å²) >= 11 is 1.78. The van der Waals surface area contributed by atoms with Crippen molar-refractivity contribution in [3.63, 3.8) is 0 Å². The van der Waals surface area contributed by atoms with Gasteiger partial charge in [0.2, 0.25) is 5.91 Å². The number of thioether (sulfide) groups is 1. The van der Waals surface area contributed by atoms with Crippen molar-refractivity contribution in [1.82, 2.24) is 5.32 Å². The Labute approximate surface area is 143 Å². The Morgan fingerprint density at radius 3 is 2.74 bits per heavy atom. The lowest BCUT2D eigenvalue weighted by Gasteiger charge is -2.24. The van der Waals surface area contributed by atoms with Crippen molar-refractivity contribution in [3.05, 3.63) is 29.8 Å². The fourth-order valence-corrected chi connectivity index (χ4v) is 4.06. The second kappa shape index (κ2) is 8.18. The van der Waals surface area contributed by atoms with Crippen LogP contribution in [0.2, 0.25) is 0 Å². The molecule has 0 bridgehead atoms. The average Bonchev–Trinajstić information content (AvgIpc) is 2.93. The molecule has 0 aliphatic carbocycles. The molecule has 1 aromatic rings. The van der Waals surface area contributed by atoms with Gasteiger partial charge in [0.25, 0.3) is 0 Å². The van der Waals surface area contributed by atoms with Crippen molar-refractivity contribution in [2.45, 2.75) is 51.2 Å². The first kappa shape index (κ1) is 18.3. The Hall–Kier alpha value is -1.04. The van der Waals surface area contributed by atoms with E-state index in [0.29, 0.717) is 18.9 Å². The first-order chi connectivity index (χ1) is 10.9. The normalized spacial score (nSPS) is 22.3. The van der Waals surface area contributed by atoms with Crippen molar-refractivity contribution in [2.75, 3.05) is 23.4 Å². The Bertz CT molecular complexity index is 528. The van der Waals surface area contributed by atoms with Crippen LogP contribution in [0.4, 0.5) is 5.69 Å². The van der Waals surface area contributed by atoms with Crippen LogP contribution >= 0.6 is 11.8 Å². The van der Waals surface area contributed by atoms with Crippen LogP contribution in [-0.2, 0) is 4.79 Å². The lowest BCUT2D eigenvalue weighted by Crippen LogP contribution is -2.44. The standard InChI is InChI=1S/C18H28N2O2S/c1-13(2)15-6-4-5-7-16(15)20-17(21)10-14(3)19-11-18(22)8-9-23-12-18/h4-7,13-14,19,22H,8-12H2,1-3H3,(H,20,21). The molecule has 0 aromatic heterocycles. The molecule has 1 aliphatic heterocycles. The van der Waals surface area contributed by atoms with Gasteiger partial charge < -0.3 is 15.7 Å². The molecule has 0 saturated carbocycles. The Balaban J connectivity index is 1.82.